The molecule has 2 aromatic rings. The molecule has 2 saturated heterocycles. The van der Waals surface area contributed by atoms with Gasteiger partial charge in [0.1, 0.15) is 5.82 Å². The third kappa shape index (κ3) is 7.48. The summed E-state index contributed by atoms with van der Waals surface area (Å²) in [5.74, 6) is -0.554. The normalized spacial score (nSPS) is 18.8. The second kappa shape index (κ2) is 12.6. The summed E-state index contributed by atoms with van der Waals surface area (Å²) in [6, 6.07) is 15.2. The summed E-state index contributed by atoms with van der Waals surface area (Å²) in [6.07, 6.45) is -0.305. The van der Waals surface area contributed by atoms with Gasteiger partial charge in [-0.05, 0) is 29.8 Å². The van der Waals surface area contributed by atoms with Crippen molar-refractivity contribution in [1.29, 1.82) is 0 Å². The summed E-state index contributed by atoms with van der Waals surface area (Å²) in [6.45, 7) is 6.35. The number of amides is 3. The predicted octanol–water partition coefficient (Wildman–Crippen LogP) is 2.21. The van der Waals surface area contributed by atoms with E-state index in [0.29, 0.717) is 64.7 Å². The van der Waals surface area contributed by atoms with Gasteiger partial charge in [0, 0.05) is 51.4 Å². The first-order valence-electron chi connectivity index (χ1n) is 12.1. The average Bonchev–Trinajstić information content (AvgIpc) is 2.91. The Labute approximate surface area is 205 Å². The fraction of sp³-hybridized carbons (Fsp3) is 0.462. The zero-order valence-electron chi connectivity index (χ0n) is 19.9. The first kappa shape index (κ1) is 25.1. The van der Waals surface area contributed by atoms with Crippen molar-refractivity contribution < 1.29 is 23.5 Å². The Kier molecular flexibility index (Phi) is 9.05. The maximum Gasteiger partial charge on any atom is 0.317 e. The first-order chi connectivity index (χ1) is 17.1. The Balaban J connectivity index is 1.36. The lowest BCUT2D eigenvalue weighted by Crippen LogP contribution is -2.53. The van der Waals surface area contributed by atoms with E-state index < -0.39 is 0 Å². The van der Waals surface area contributed by atoms with Gasteiger partial charge in [-0.15, -0.1) is 0 Å². The summed E-state index contributed by atoms with van der Waals surface area (Å²) < 4.78 is 24.8. The van der Waals surface area contributed by atoms with Crippen LogP contribution >= 0.6 is 0 Å². The standard InChI is InChI=1S/C26H33FN4O4/c27-23-8-6-22(7-9-23)25(32)30(11-10-29-12-15-34-16-13-29)19-24-20-31(14-17-35-24)26(33)28-18-21-4-2-1-3-5-21/h1-9,24H,10-20H2,(H,28,33)/t24-/m1/s1. The van der Waals surface area contributed by atoms with E-state index in [1.54, 1.807) is 9.80 Å². The Hall–Kier alpha value is -3.01. The van der Waals surface area contributed by atoms with E-state index in [-0.39, 0.29) is 23.9 Å². The third-order valence-corrected chi connectivity index (χ3v) is 6.30. The van der Waals surface area contributed by atoms with Crippen LogP contribution in [0.1, 0.15) is 15.9 Å². The zero-order valence-corrected chi connectivity index (χ0v) is 19.9. The van der Waals surface area contributed by atoms with E-state index in [1.165, 1.54) is 24.3 Å². The zero-order chi connectivity index (χ0) is 24.5. The fourth-order valence-electron chi connectivity index (χ4n) is 4.28. The molecule has 0 spiro atoms. The van der Waals surface area contributed by atoms with E-state index >= 15 is 0 Å². The highest BCUT2D eigenvalue weighted by molar-refractivity contribution is 5.94. The van der Waals surface area contributed by atoms with Crippen LogP contribution in [0.2, 0.25) is 0 Å². The summed E-state index contributed by atoms with van der Waals surface area (Å²) in [4.78, 5) is 31.8. The van der Waals surface area contributed by atoms with Crippen molar-refractivity contribution >= 4 is 11.9 Å². The van der Waals surface area contributed by atoms with E-state index in [0.717, 1.165) is 18.7 Å². The molecular weight excluding hydrogens is 451 g/mol. The van der Waals surface area contributed by atoms with Crippen LogP contribution in [0.4, 0.5) is 9.18 Å². The summed E-state index contributed by atoms with van der Waals surface area (Å²) in [5, 5.41) is 2.96. The molecule has 35 heavy (non-hydrogen) atoms. The highest BCUT2D eigenvalue weighted by atomic mass is 19.1. The minimum Gasteiger partial charge on any atom is -0.379 e. The van der Waals surface area contributed by atoms with Gasteiger partial charge in [-0.2, -0.15) is 0 Å². The van der Waals surface area contributed by atoms with E-state index in [2.05, 4.69) is 10.2 Å². The van der Waals surface area contributed by atoms with E-state index in [4.69, 9.17) is 9.47 Å². The molecule has 2 aliphatic rings. The summed E-state index contributed by atoms with van der Waals surface area (Å²) in [7, 11) is 0. The minimum atomic E-state index is -0.380. The first-order valence-corrected chi connectivity index (χ1v) is 12.1. The number of rotatable bonds is 8. The van der Waals surface area contributed by atoms with Crippen LogP contribution < -0.4 is 5.32 Å². The number of carbonyl (C=O) groups excluding carboxylic acids is 2. The van der Waals surface area contributed by atoms with Crippen LogP contribution in [-0.4, -0.2) is 98.4 Å². The lowest BCUT2D eigenvalue weighted by molar-refractivity contribution is -0.0297. The highest BCUT2D eigenvalue weighted by Gasteiger charge is 2.28. The van der Waals surface area contributed by atoms with Gasteiger partial charge in [0.25, 0.3) is 5.91 Å². The average molecular weight is 485 g/mol. The van der Waals surface area contributed by atoms with Crippen LogP contribution in [0.25, 0.3) is 0 Å². The van der Waals surface area contributed by atoms with Crippen molar-refractivity contribution in [1.82, 2.24) is 20.0 Å². The van der Waals surface area contributed by atoms with Crippen molar-refractivity contribution in [2.24, 2.45) is 0 Å². The van der Waals surface area contributed by atoms with E-state index in [9.17, 15) is 14.0 Å². The number of nitrogens with zero attached hydrogens (tertiary/aromatic N) is 3. The molecule has 2 aliphatic heterocycles. The number of nitrogens with one attached hydrogen (secondary N) is 1. The van der Waals surface area contributed by atoms with Crippen molar-refractivity contribution in [2.75, 3.05) is 65.6 Å². The lowest BCUT2D eigenvalue weighted by Gasteiger charge is -2.36. The molecule has 0 bridgehead atoms. The Morgan fingerprint density at radius 1 is 1.00 bits per heavy atom. The maximum absolute atomic E-state index is 13.4. The molecular formula is C26H33FN4O4. The van der Waals surface area contributed by atoms with Gasteiger partial charge in [-0.25, -0.2) is 9.18 Å². The van der Waals surface area contributed by atoms with Gasteiger partial charge in [0.15, 0.2) is 0 Å². The monoisotopic (exact) mass is 484 g/mol. The summed E-state index contributed by atoms with van der Waals surface area (Å²) in [5.41, 5.74) is 1.46. The van der Waals surface area contributed by atoms with Crippen LogP contribution in [0.15, 0.2) is 54.6 Å². The van der Waals surface area contributed by atoms with Crippen molar-refractivity contribution in [3.63, 3.8) is 0 Å². The van der Waals surface area contributed by atoms with E-state index in [1.807, 2.05) is 30.3 Å². The lowest BCUT2D eigenvalue weighted by atomic mass is 10.1. The van der Waals surface area contributed by atoms with Crippen molar-refractivity contribution in [2.45, 2.75) is 12.6 Å². The maximum atomic E-state index is 13.4. The SMILES string of the molecule is O=C(NCc1ccccc1)N1CCO[C@H](CN(CCN2CCOCC2)C(=O)c2ccc(F)cc2)C1. The van der Waals surface area contributed by atoms with Crippen LogP contribution in [0.3, 0.4) is 0 Å². The van der Waals surface area contributed by atoms with Gasteiger partial charge in [-0.1, -0.05) is 30.3 Å². The van der Waals surface area contributed by atoms with Gasteiger partial charge in [0.2, 0.25) is 0 Å². The van der Waals surface area contributed by atoms with Crippen LogP contribution in [0.5, 0.6) is 0 Å². The molecule has 2 aromatic carbocycles. The molecule has 0 radical (unpaired) electrons. The molecule has 0 aromatic heterocycles. The van der Waals surface area contributed by atoms with Crippen LogP contribution in [0, 0.1) is 5.82 Å². The number of urea groups is 1. The van der Waals surface area contributed by atoms with Crippen molar-refractivity contribution in [3.05, 3.63) is 71.5 Å². The van der Waals surface area contributed by atoms with Gasteiger partial charge in [-0.3, -0.25) is 9.69 Å². The van der Waals surface area contributed by atoms with Crippen LogP contribution in [-0.2, 0) is 16.0 Å². The highest BCUT2D eigenvalue weighted by Crippen LogP contribution is 2.13. The molecule has 0 saturated carbocycles. The second-order valence-electron chi connectivity index (χ2n) is 8.80. The fourth-order valence-corrected chi connectivity index (χ4v) is 4.28. The Morgan fingerprint density at radius 2 is 1.74 bits per heavy atom. The number of hydrogen-bond donors (Lipinski definition) is 1. The molecule has 1 atom stereocenters. The molecule has 1 N–H and O–H groups in total. The molecule has 4 rings (SSSR count). The number of ether oxygens (including phenoxy) is 2. The number of benzene rings is 2. The molecule has 0 aliphatic carbocycles. The molecule has 3 amide bonds. The molecule has 2 heterocycles. The number of carbonyl (C=O) groups is 2. The molecule has 8 nitrogen and oxygen atoms in total. The number of morpholine rings is 2. The minimum absolute atomic E-state index is 0.146. The third-order valence-electron chi connectivity index (χ3n) is 6.30. The Morgan fingerprint density at radius 3 is 2.49 bits per heavy atom. The van der Waals surface area contributed by atoms with Gasteiger partial charge >= 0.3 is 6.03 Å². The predicted molar refractivity (Wildman–Crippen MR) is 130 cm³/mol. The Bertz CT molecular complexity index is 954. The second-order valence-corrected chi connectivity index (χ2v) is 8.80. The topological polar surface area (TPSA) is 74.4 Å². The smallest absolute Gasteiger partial charge is 0.317 e. The largest absolute Gasteiger partial charge is 0.379 e. The molecule has 2 fully saturated rings. The molecule has 0 unspecified atom stereocenters. The summed E-state index contributed by atoms with van der Waals surface area (Å²) >= 11 is 0. The molecule has 188 valence electrons. The number of hydrogen-bond acceptors (Lipinski definition) is 5. The van der Waals surface area contributed by atoms with Crippen molar-refractivity contribution in [3.8, 4) is 0 Å². The quantitative estimate of drug-likeness (QED) is 0.622. The van der Waals surface area contributed by atoms with Gasteiger partial charge in [0.05, 0.1) is 32.5 Å². The number of halogens is 1. The van der Waals surface area contributed by atoms with Gasteiger partial charge < -0.3 is 24.6 Å². The molecule has 9 heteroatoms.